The van der Waals surface area contributed by atoms with Crippen LogP contribution in [0.15, 0.2) is 5.10 Å². The highest BCUT2D eigenvalue weighted by atomic mass is 16.5. The Morgan fingerprint density at radius 1 is 1.25 bits per heavy atom. The van der Waals surface area contributed by atoms with Gasteiger partial charge in [-0.05, 0) is 19.9 Å². The Morgan fingerprint density at radius 3 is 2.62 bits per heavy atom. The Bertz CT molecular complexity index is 175. The van der Waals surface area contributed by atoms with E-state index < -0.39 is 0 Å². The number of nitrogens with two attached hydrogens (primary N) is 1. The Morgan fingerprint density at radius 2 is 2.00 bits per heavy atom. The van der Waals surface area contributed by atoms with Gasteiger partial charge < -0.3 is 20.4 Å². The summed E-state index contributed by atoms with van der Waals surface area (Å²) in [5.74, 6) is 0. The standard InChI is InChI=1S/C11H26N4O/c1-14(10-6-12)8-4-7-13-15(2)9-5-11-16-3/h7H,4-6,8-12H2,1-3H3/b13-7-. The zero-order valence-electron chi connectivity index (χ0n) is 10.9. The fraction of sp³-hybridized carbons (Fsp3) is 0.909. The molecule has 0 spiro atoms. The normalized spacial score (nSPS) is 11.6. The molecule has 0 radical (unpaired) electrons. The molecule has 0 aliphatic rings. The van der Waals surface area contributed by atoms with Crippen LogP contribution in [0.25, 0.3) is 0 Å². The molecule has 0 aliphatic heterocycles. The number of methoxy groups -OCH3 is 1. The van der Waals surface area contributed by atoms with Crippen LogP contribution in [0, 0.1) is 0 Å². The number of hydrogen-bond acceptors (Lipinski definition) is 5. The highest BCUT2D eigenvalue weighted by molar-refractivity contribution is 5.56. The summed E-state index contributed by atoms with van der Waals surface area (Å²) in [5.41, 5.74) is 5.45. The van der Waals surface area contributed by atoms with Crippen LogP contribution < -0.4 is 5.73 Å². The molecular formula is C11H26N4O. The van der Waals surface area contributed by atoms with Crippen molar-refractivity contribution in [1.82, 2.24) is 9.91 Å². The minimum Gasteiger partial charge on any atom is -0.385 e. The van der Waals surface area contributed by atoms with E-state index in [1.807, 2.05) is 18.3 Å². The van der Waals surface area contributed by atoms with Crippen LogP contribution in [-0.4, -0.2) is 70.1 Å². The van der Waals surface area contributed by atoms with Gasteiger partial charge in [0.1, 0.15) is 0 Å². The largest absolute Gasteiger partial charge is 0.385 e. The number of hydrazone groups is 1. The molecule has 0 amide bonds. The smallest absolute Gasteiger partial charge is 0.0479 e. The predicted octanol–water partition coefficient (Wildman–Crippen LogP) is 0.221. The topological polar surface area (TPSA) is 54.1 Å². The van der Waals surface area contributed by atoms with E-state index in [1.54, 1.807) is 7.11 Å². The number of ether oxygens (including phenoxy) is 1. The van der Waals surface area contributed by atoms with Crippen molar-refractivity contribution in [1.29, 1.82) is 0 Å². The van der Waals surface area contributed by atoms with Crippen LogP contribution in [0.5, 0.6) is 0 Å². The minimum absolute atomic E-state index is 0.713. The summed E-state index contributed by atoms with van der Waals surface area (Å²) in [4.78, 5) is 2.21. The lowest BCUT2D eigenvalue weighted by Gasteiger charge is -2.14. The monoisotopic (exact) mass is 230 g/mol. The third-order valence-corrected chi connectivity index (χ3v) is 2.26. The van der Waals surface area contributed by atoms with Crippen molar-refractivity contribution in [2.75, 3.05) is 54.0 Å². The second-order valence-electron chi connectivity index (χ2n) is 3.91. The van der Waals surface area contributed by atoms with E-state index >= 15 is 0 Å². The van der Waals surface area contributed by atoms with Gasteiger partial charge in [0.05, 0.1) is 0 Å². The Balaban J connectivity index is 3.43. The zero-order chi connectivity index (χ0) is 12.2. The van der Waals surface area contributed by atoms with Crippen LogP contribution in [0.3, 0.4) is 0 Å². The van der Waals surface area contributed by atoms with Gasteiger partial charge in [-0.2, -0.15) is 5.10 Å². The fourth-order valence-corrected chi connectivity index (χ4v) is 1.30. The lowest BCUT2D eigenvalue weighted by molar-refractivity contribution is 0.180. The molecule has 0 saturated heterocycles. The van der Waals surface area contributed by atoms with Crippen molar-refractivity contribution in [3.63, 3.8) is 0 Å². The molecule has 0 bridgehead atoms. The maximum absolute atomic E-state index is 5.45. The summed E-state index contributed by atoms with van der Waals surface area (Å²) in [6.45, 7) is 4.39. The second kappa shape index (κ2) is 10.9. The SMILES string of the molecule is COCCCN(C)/N=C\CCN(C)CCN. The predicted molar refractivity (Wildman–Crippen MR) is 68.8 cm³/mol. The van der Waals surface area contributed by atoms with Crippen LogP contribution in [-0.2, 0) is 4.74 Å². The molecule has 16 heavy (non-hydrogen) atoms. The molecule has 0 aliphatic carbocycles. The lowest BCUT2D eigenvalue weighted by Crippen LogP contribution is -2.26. The summed E-state index contributed by atoms with van der Waals surface area (Å²) >= 11 is 0. The fourth-order valence-electron chi connectivity index (χ4n) is 1.30. The molecule has 0 saturated carbocycles. The van der Waals surface area contributed by atoms with E-state index in [2.05, 4.69) is 17.0 Å². The molecule has 5 nitrogen and oxygen atoms in total. The number of nitrogens with zero attached hydrogens (tertiary/aromatic N) is 3. The van der Waals surface area contributed by atoms with E-state index in [0.29, 0.717) is 6.54 Å². The van der Waals surface area contributed by atoms with Gasteiger partial charge in [0.2, 0.25) is 0 Å². The van der Waals surface area contributed by atoms with Gasteiger partial charge in [-0.15, -0.1) is 0 Å². The minimum atomic E-state index is 0.713. The summed E-state index contributed by atoms with van der Waals surface area (Å²) < 4.78 is 4.98. The van der Waals surface area contributed by atoms with Gasteiger partial charge in [-0.25, -0.2) is 0 Å². The van der Waals surface area contributed by atoms with Crippen LogP contribution in [0.2, 0.25) is 0 Å². The van der Waals surface area contributed by atoms with Gasteiger partial charge in [-0.1, -0.05) is 0 Å². The molecule has 0 rings (SSSR count). The molecular weight excluding hydrogens is 204 g/mol. The maximum Gasteiger partial charge on any atom is 0.0479 e. The first kappa shape index (κ1) is 15.3. The molecule has 0 unspecified atom stereocenters. The molecule has 0 aromatic rings. The van der Waals surface area contributed by atoms with Crippen molar-refractivity contribution in [2.24, 2.45) is 10.8 Å². The Hall–Kier alpha value is -0.650. The molecule has 5 heteroatoms. The van der Waals surface area contributed by atoms with Gasteiger partial charge >= 0.3 is 0 Å². The Kier molecular flexibility index (Phi) is 10.4. The third kappa shape index (κ3) is 9.89. The summed E-state index contributed by atoms with van der Waals surface area (Å²) in [6, 6.07) is 0. The average Bonchev–Trinajstić information content (AvgIpc) is 2.25. The van der Waals surface area contributed by atoms with Crippen molar-refractivity contribution >= 4 is 6.21 Å². The van der Waals surface area contributed by atoms with Crippen molar-refractivity contribution in [2.45, 2.75) is 12.8 Å². The van der Waals surface area contributed by atoms with E-state index in [4.69, 9.17) is 10.5 Å². The zero-order valence-corrected chi connectivity index (χ0v) is 10.9. The molecule has 96 valence electrons. The van der Waals surface area contributed by atoms with Crippen LogP contribution in [0.1, 0.15) is 12.8 Å². The first-order valence-corrected chi connectivity index (χ1v) is 5.81. The maximum atomic E-state index is 5.45. The number of likely N-dealkylation sites (N-methyl/N-ethyl adjacent to an activating group) is 1. The lowest BCUT2D eigenvalue weighted by atomic mass is 10.4. The Labute approximate surface area is 99.2 Å². The number of hydrogen-bond donors (Lipinski definition) is 1. The van der Waals surface area contributed by atoms with E-state index in [1.165, 1.54) is 0 Å². The molecule has 2 N–H and O–H groups in total. The van der Waals surface area contributed by atoms with Crippen molar-refractivity contribution < 1.29 is 4.74 Å². The van der Waals surface area contributed by atoms with Gasteiger partial charge in [0, 0.05) is 53.2 Å². The highest BCUT2D eigenvalue weighted by Crippen LogP contribution is 1.89. The molecule has 0 fully saturated rings. The van der Waals surface area contributed by atoms with Gasteiger partial charge in [-0.3, -0.25) is 0 Å². The molecule has 0 aromatic carbocycles. The quantitative estimate of drug-likeness (QED) is 0.331. The number of rotatable bonds is 10. The first-order valence-electron chi connectivity index (χ1n) is 5.81. The third-order valence-electron chi connectivity index (χ3n) is 2.26. The first-order chi connectivity index (χ1) is 7.70. The molecule has 0 heterocycles. The van der Waals surface area contributed by atoms with Gasteiger partial charge in [0.25, 0.3) is 0 Å². The van der Waals surface area contributed by atoms with Crippen LogP contribution in [0.4, 0.5) is 0 Å². The summed E-state index contributed by atoms with van der Waals surface area (Å²) in [7, 11) is 5.77. The van der Waals surface area contributed by atoms with Crippen molar-refractivity contribution in [3.8, 4) is 0 Å². The van der Waals surface area contributed by atoms with E-state index in [0.717, 1.165) is 39.1 Å². The van der Waals surface area contributed by atoms with E-state index in [9.17, 15) is 0 Å². The van der Waals surface area contributed by atoms with E-state index in [-0.39, 0.29) is 0 Å². The average molecular weight is 230 g/mol. The summed E-state index contributed by atoms with van der Waals surface area (Å²) in [5, 5.41) is 6.27. The van der Waals surface area contributed by atoms with Crippen LogP contribution >= 0.6 is 0 Å². The van der Waals surface area contributed by atoms with Crippen molar-refractivity contribution in [3.05, 3.63) is 0 Å². The molecule has 0 atom stereocenters. The highest BCUT2D eigenvalue weighted by Gasteiger charge is 1.95. The molecule has 0 aromatic heterocycles. The van der Waals surface area contributed by atoms with Gasteiger partial charge in [0.15, 0.2) is 0 Å². The summed E-state index contributed by atoms with van der Waals surface area (Å²) in [6.07, 6.45) is 3.93. The second-order valence-corrected chi connectivity index (χ2v) is 3.91.